The van der Waals surface area contributed by atoms with Gasteiger partial charge in [-0.25, -0.2) is 0 Å². The van der Waals surface area contributed by atoms with Gasteiger partial charge >= 0.3 is 0 Å². The summed E-state index contributed by atoms with van der Waals surface area (Å²) in [6.07, 6.45) is 2.54. The Morgan fingerprint density at radius 3 is 2.43 bits per heavy atom. The standard InChI is InChI=1S/C27H25NO2/c1-2-17-10-12-18(13-11-17)20-14-24-27(25(29)15-20)23(16-26(30)28-24)22-9-5-7-19-6-3-4-8-21(19)22/h3-13,20,23H,2,14-16H2,1H3,(H,28,30). The molecule has 2 atom stereocenters. The average Bonchev–Trinajstić information content (AvgIpc) is 2.78. The molecule has 30 heavy (non-hydrogen) atoms. The van der Waals surface area contributed by atoms with E-state index in [0.29, 0.717) is 19.3 Å². The molecule has 3 heteroatoms. The highest BCUT2D eigenvalue weighted by atomic mass is 16.2. The largest absolute Gasteiger partial charge is 0.329 e. The average molecular weight is 396 g/mol. The molecular formula is C27H25NO2. The van der Waals surface area contributed by atoms with Crippen LogP contribution in [0.3, 0.4) is 0 Å². The molecule has 3 nitrogen and oxygen atoms in total. The molecular weight excluding hydrogens is 370 g/mol. The Balaban J connectivity index is 1.55. The van der Waals surface area contributed by atoms with Gasteiger partial charge in [0.1, 0.15) is 0 Å². The maximum atomic E-state index is 13.4. The summed E-state index contributed by atoms with van der Waals surface area (Å²) in [6, 6.07) is 22.9. The summed E-state index contributed by atoms with van der Waals surface area (Å²) >= 11 is 0. The fourth-order valence-corrected chi connectivity index (χ4v) is 5.04. The minimum absolute atomic E-state index is 0.00136. The predicted octanol–water partition coefficient (Wildman–Crippen LogP) is 5.41. The number of rotatable bonds is 3. The van der Waals surface area contributed by atoms with E-state index in [0.717, 1.165) is 34.0 Å². The van der Waals surface area contributed by atoms with Crippen molar-refractivity contribution in [3.8, 4) is 0 Å². The molecule has 5 rings (SSSR count). The maximum absolute atomic E-state index is 13.4. The molecule has 0 bridgehead atoms. The summed E-state index contributed by atoms with van der Waals surface area (Å²) in [5.74, 6) is 0.115. The highest BCUT2D eigenvalue weighted by Gasteiger charge is 2.38. The normalized spacial score (nSPS) is 21.5. The van der Waals surface area contributed by atoms with Crippen LogP contribution < -0.4 is 5.32 Å². The second-order valence-corrected chi connectivity index (χ2v) is 8.39. The second-order valence-electron chi connectivity index (χ2n) is 8.39. The first-order valence-corrected chi connectivity index (χ1v) is 10.8. The van der Waals surface area contributed by atoms with Gasteiger partial charge in [0.25, 0.3) is 0 Å². The van der Waals surface area contributed by atoms with Crippen molar-refractivity contribution < 1.29 is 9.59 Å². The molecule has 1 N–H and O–H groups in total. The van der Waals surface area contributed by atoms with Crippen LogP contribution in [0.25, 0.3) is 10.8 Å². The van der Waals surface area contributed by atoms with Crippen LogP contribution in [0.2, 0.25) is 0 Å². The van der Waals surface area contributed by atoms with E-state index in [1.165, 1.54) is 11.1 Å². The molecule has 0 fully saturated rings. The van der Waals surface area contributed by atoms with Crippen molar-refractivity contribution in [3.05, 3.63) is 94.7 Å². The molecule has 3 aromatic rings. The lowest BCUT2D eigenvalue weighted by Crippen LogP contribution is -2.38. The van der Waals surface area contributed by atoms with E-state index in [1.54, 1.807) is 0 Å². The monoisotopic (exact) mass is 395 g/mol. The summed E-state index contributed by atoms with van der Waals surface area (Å²) in [5.41, 5.74) is 5.18. The molecule has 0 aromatic heterocycles. The first kappa shape index (κ1) is 18.8. The Bertz CT molecular complexity index is 1170. The van der Waals surface area contributed by atoms with Crippen molar-refractivity contribution in [2.75, 3.05) is 0 Å². The van der Waals surface area contributed by atoms with Crippen LogP contribution in [-0.2, 0) is 16.0 Å². The first-order valence-electron chi connectivity index (χ1n) is 10.8. The summed E-state index contributed by atoms with van der Waals surface area (Å²) < 4.78 is 0. The smallest absolute Gasteiger partial charge is 0.225 e. The van der Waals surface area contributed by atoms with Crippen LogP contribution in [0.5, 0.6) is 0 Å². The third kappa shape index (κ3) is 3.24. The third-order valence-corrected chi connectivity index (χ3v) is 6.59. The molecule has 1 amide bonds. The number of benzene rings is 3. The van der Waals surface area contributed by atoms with Crippen molar-refractivity contribution in [1.29, 1.82) is 0 Å². The fraction of sp³-hybridized carbons (Fsp3) is 0.259. The van der Waals surface area contributed by atoms with Crippen molar-refractivity contribution in [2.45, 2.75) is 44.4 Å². The number of amides is 1. The molecule has 1 aliphatic heterocycles. The van der Waals surface area contributed by atoms with Gasteiger partial charge in [-0.2, -0.15) is 0 Å². The zero-order valence-electron chi connectivity index (χ0n) is 17.2. The van der Waals surface area contributed by atoms with Gasteiger partial charge in [-0.1, -0.05) is 73.7 Å². The van der Waals surface area contributed by atoms with E-state index >= 15 is 0 Å². The molecule has 0 saturated carbocycles. The summed E-state index contributed by atoms with van der Waals surface area (Å²) in [6.45, 7) is 2.14. The highest BCUT2D eigenvalue weighted by Crippen LogP contribution is 2.44. The van der Waals surface area contributed by atoms with Crippen LogP contribution in [0.4, 0.5) is 0 Å². The van der Waals surface area contributed by atoms with Crippen LogP contribution >= 0.6 is 0 Å². The summed E-state index contributed by atoms with van der Waals surface area (Å²) in [7, 11) is 0. The van der Waals surface area contributed by atoms with Gasteiger partial charge in [-0.3, -0.25) is 9.59 Å². The third-order valence-electron chi connectivity index (χ3n) is 6.59. The van der Waals surface area contributed by atoms with Gasteiger partial charge in [0.05, 0.1) is 0 Å². The molecule has 150 valence electrons. The molecule has 0 spiro atoms. The van der Waals surface area contributed by atoms with Crippen LogP contribution in [0.15, 0.2) is 78.0 Å². The van der Waals surface area contributed by atoms with E-state index in [4.69, 9.17) is 0 Å². The molecule has 3 aromatic carbocycles. The molecule has 2 unspecified atom stereocenters. The predicted molar refractivity (Wildman–Crippen MR) is 119 cm³/mol. The highest BCUT2D eigenvalue weighted by molar-refractivity contribution is 6.03. The quantitative estimate of drug-likeness (QED) is 0.645. The number of carbonyl (C=O) groups is 2. The number of allylic oxidation sites excluding steroid dienone is 2. The molecule has 1 heterocycles. The molecule has 0 saturated heterocycles. The van der Waals surface area contributed by atoms with Gasteiger partial charge in [-0.05, 0) is 46.2 Å². The number of ketones is 1. The topological polar surface area (TPSA) is 46.2 Å². The Labute approximate surface area is 176 Å². The van der Waals surface area contributed by atoms with Gasteiger partial charge < -0.3 is 5.32 Å². The lowest BCUT2D eigenvalue weighted by Gasteiger charge is -2.35. The number of hydrogen-bond acceptors (Lipinski definition) is 2. The number of carbonyl (C=O) groups excluding carboxylic acids is 2. The lowest BCUT2D eigenvalue weighted by molar-refractivity contribution is -0.122. The van der Waals surface area contributed by atoms with Crippen LogP contribution in [0, 0.1) is 0 Å². The van der Waals surface area contributed by atoms with Crippen molar-refractivity contribution >= 4 is 22.5 Å². The zero-order valence-corrected chi connectivity index (χ0v) is 17.2. The first-order chi connectivity index (χ1) is 14.6. The molecule has 0 radical (unpaired) electrons. The SMILES string of the molecule is CCc1ccc(C2CC(=O)C3=C(C2)NC(=O)CC3c2cccc3ccccc23)cc1. The van der Waals surface area contributed by atoms with Crippen LogP contribution in [-0.4, -0.2) is 11.7 Å². The van der Waals surface area contributed by atoms with E-state index in [9.17, 15) is 9.59 Å². The van der Waals surface area contributed by atoms with E-state index in [2.05, 4.69) is 60.8 Å². The number of nitrogens with one attached hydrogen (secondary N) is 1. The van der Waals surface area contributed by atoms with Crippen LogP contribution in [0.1, 0.15) is 54.7 Å². The maximum Gasteiger partial charge on any atom is 0.225 e. The molecule has 2 aliphatic rings. The second kappa shape index (κ2) is 7.56. The zero-order chi connectivity index (χ0) is 20.7. The Morgan fingerprint density at radius 1 is 0.867 bits per heavy atom. The van der Waals surface area contributed by atoms with Gasteiger partial charge in [0, 0.05) is 30.0 Å². The fourth-order valence-electron chi connectivity index (χ4n) is 5.04. The number of aryl methyl sites for hydroxylation is 1. The van der Waals surface area contributed by atoms with Crippen molar-refractivity contribution in [3.63, 3.8) is 0 Å². The van der Waals surface area contributed by atoms with Gasteiger partial charge in [0.2, 0.25) is 5.91 Å². The van der Waals surface area contributed by atoms with E-state index < -0.39 is 0 Å². The van der Waals surface area contributed by atoms with Crippen molar-refractivity contribution in [2.24, 2.45) is 0 Å². The Morgan fingerprint density at radius 2 is 1.63 bits per heavy atom. The molecule has 1 aliphatic carbocycles. The number of Topliss-reactive ketones (excluding diaryl/α,β-unsaturated/α-hetero) is 1. The van der Waals surface area contributed by atoms with E-state index in [-0.39, 0.29) is 23.5 Å². The van der Waals surface area contributed by atoms with Crippen molar-refractivity contribution in [1.82, 2.24) is 5.32 Å². The summed E-state index contributed by atoms with van der Waals surface area (Å²) in [4.78, 5) is 26.0. The van der Waals surface area contributed by atoms with Gasteiger partial charge in [-0.15, -0.1) is 0 Å². The lowest BCUT2D eigenvalue weighted by atomic mass is 9.73. The Kier molecular flexibility index (Phi) is 4.74. The minimum Gasteiger partial charge on any atom is -0.329 e. The van der Waals surface area contributed by atoms with Gasteiger partial charge in [0.15, 0.2) is 5.78 Å². The Hall–Kier alpha value is -3.20. The van der Waals surface area contributed by atoms with E-state index in [1.807, 2.05) is 18.2 Å². The number of hydrogen-bond donors (Lipinski definition) is 1. The number of fused-ring (bicyclic) bond motifs is 1. The summed E-state index contributed by atoms with van der Waals surface area (Å²) in [5, 5.41) is 5.30. The minimum atomic E-state index is -0.171.